The number of aromatic nitrogens is 1. The Kier molecular flexibility index (Phi) is 5.61. The normalized spacial score (nSPS) is 12.2. The molecule has 2 rings (SSSR count). The smallest absolute Gasteiger partial charge is 0.237 e. The molecule has 1 aromatic carbocycles. The van der Waals surface area contributed by atoms with Crippen LogP contribution in [0.1, 0.15) is 45.2 Å². The fourth-order valence-electron chi connectivity index (χ4n) is 2.30. The van der Waals surface area contributed by atoms with E-state index >= 15 is 0 Å². The first kappa shape index (κ1) is 15.4. The maximum Gasteiger partial charge on any atom is 0.237 e. The number of nitrogens with one attached hydrogen (secondary N) is 1. The van der Waals surface area contributed by atoms with E-state index in [4.69, 9.17) is 4.74 Å². The second kappa shape index (κ2) is 7.67. The van der Waals surface area contributed by atoms with Gasteiger partial charge in [-0.3, -0.25) is 0 Å². The van der Waals surface area contributed by atoms with Gasteiger partial charge in [0.25, 0.3) is 0 Å². The number of nitrogens with zero attached hydrogens (tertiary/aromatic N) is 1. The van der Waals surface area contributed by atoms with Crippen LogP contribution in [0.4, 0.5) is 5.69 Å². The molecule has 0 saturated carbocycles. The van der Waals surface area contributed by atoms with Crippen molar-refractivity contribution in [2.75, 3.05) is 5.32 Å². The molecule has 1 unspecified atom stereocenters. The minimum absolute atomic E-state index is 0.113. The third kappa shape index (κ3) is 4.48. The Bertz CT molecular complexity index is 540. The molecule has 0 fully saturated rings. The molecule has 112 valence electrons. The fourth-order valence-corrected chi connectivity index (χ4v) is 2.30. The first-order chi connectivity index (χ1) is 10.2. The van der Waals surface area contributed by atoms with Crippen LogP contribution in [0, 0.1) is 0 Å². The highest BCUT2D eigenvalue weighted by Crippen LogP contribution is 2.29. The van der Waals surface area contributed by atoms with Gasteiger partial charge in [0.05, 0.1) is 17.8 Å². The highest BCUT2D eigenvalue weighted by Gasteiger charge is 2.14. The van der Waals surface area contributed by atoms with Gasteiger partial charge in [0.1, 0.15) is 0 Å². The molecule has 0 spiro atoms. The quantitative estimate of drug-likeness (QED) is 0.791. The lowest BCUT2D eigenvalue weighted by molar-refractivity contribution is 0.234. The van der Waals surface area contributed by atoms with Crippen LogP contribution in [0.25, 0.3) is 0 Å². The van der Waals surface area contributed by atoms with Gasteiger partial charge in [0, 0.05) is 6.20 Å². The molecular formula is C18H24N2O. The predicted octanol–water partition coefficient (Wildman–Crippen LogP) is 4.82. The summed E-state index contributed by atoms with van der Waals surface area (Å²) >= 11 is 0. The molecule has 21 heavy (non-hydrogen) atoms. The van der Waals surface area contributed by atoms with E-state index in [9.17, 15) is 0 Å². The minimum Gasteiger partial charge on any atom is -0.473 e. The van der Waals surface area contributed by atoms with Crippen molar-refractivity contribution in [3.05, 3.63) is 54.2 Å². The molecule has 0 radical (unpaired) electrons. The monoisotopic (exact) mass is 284 g/mol. The number of benzene rings is 1. The summed E-state index contributed by atoms with van der Waals surface area (Å²) in [6.07, 6.45) is 4.06. The van der Waals surface area contributed by atoms with Gasteiger partial charge < -0.3 is 10.1 Å². The van der Waals surface area contributed by atoms with E-state index in [1.54, 1.807) is 6.20 Å². The molecule has 1 atom stereocenters. The van der Waals surface area contributed by atoms with E-state index in [0.717, 1.165) is 18.5 Å². The van der Waals surface area contributed by atoms with Crippen LogP contribution in [0.2, 0.25) is 0 Å². The number of rotatable bonds is 7. The average Bonchev–Trinajstić information content (AvgIpc) is 2.49. The van der Waals surface area contributed by atoms with E-state index < -0.39 is 0 Å². The van der Waals surface area contributed by atoms with Gasteiger partial charge in [-0.15, -0.1) is 0 Å². The largest absolute Gasteiger partial charge is 0.473 e. The van der Waals surface area contributed by atoms with Gasteiger partial charge in [-0.05, 0) is 38.0 Å². The van der Waals surface area contributed by atoms with Crippen molar-refractivity contribution in [1.29, 1.82) is 0 Å². The van der Waals surface area contributed by atoms with Crippen LogP contribution in [0.3, 0.4) is 0 Å². The van der Waals surface area contributed by atoms with Crippen LogP contribution < -0.4 is 10.1 Å². The number of pyridine rings is 1. The Labute approximate surface area is 127 Å². The number of hydrogen-bond acceptors (Lipinski definition) is 3. The highest BCUT2D eigenvalue weighted by atomic mass is 16.5. The van der Waals surface area contributed by atoms with Gasteiger partial charge in [-0.1, -0.05) is 43.7 Å². The molecule has 2 aromatic rings. The van der Waals surface area contributed by atoms with E-state index in [1.807, 2.05) is 32.0 Å². The van der Waals surface area contributed by atoms with E-state index in [2.05, 4.69) is 41.5 Å². The predicted molar refractivity (Wildman–Crippen MR) is 87.7 cm³/mol. The summed E-state index contributed by atoms with van der Waals surface area (Å²) in [6, 6.07) is 14.8. The molecule has 0 amide bonds. The molecule has 3 heteroatoms. The maximum absolute atomic E-state index is 5.79. The summed E-state index contributed by atoms with van der Waals surface area (Å²) in [5, 5.41) is 3.58. The second-order valence-corrected chi connectivity index (χ2v) is 5.42. The lowest BCUT2D eigenvalue weighted by Gasteiger charge is -2.22. The Hall–Kier alpha value is -2.03. The van der Waals surface area contributed by atoms with Gasteiger partial charge in [-0.2, -0.15) is 0 Å². The van der Waals surface area contributed by atoms with Gasteiger partial charge in [0.15, 0.2) is 0 Å². The van der Waals surface area contributed by atoms with Crippen molar-refractivity contribution in [1.82, 2.24) is 4.98 Å². The third-order valence-corrected chi connectivity index (χ3v) is 3.23. The third-order valence-electron chi connectivity index (χ3n) is 3.23. The van der Waals surface area contributed by atoms with Crippen molar-refractivity contribution in [2.45, 2.75) is 45.8 Å². The Morgan fingerprint density at radius 1 is 1.10 bits per heavy atom. The molecule has 0 saturated heterocycles. The van der Waals surface area contributed by atoms with Crippen molar-refractivity contribution in [2.24, 2.45) is 0 Å². The Morgan fingerprint density at radius 3 is 2.52 bits per heavy atom. The second-order valence-electron chi connectivity index (χ2n) is 5.42. The van der Waals surface area contributed by atoms with Crippen LogP contribution in [0.15, 0.2) is 48.7 Å². The summed E-state index contributed by atoms with van der Waals surface area (Å²) < 4.78 is 5.79. The molecular weight excluding hydrogens is 260 g/mol. The Balaban J connectivity index is 2.21. The lowest BCUT2D eigenvalue weighted by atomic mass is 10.0. The van der Waals surface area contributed by atoms with E-state index in [0.29, 0.717) is 5.88 Å². The van der Waals surface area contributed by atoms with Crippen LogP contribution >= 0.6 is 0 Å². The molecule has 0 aliphatic rings. The van der Waals surface area contributed by atoms with Crippen LogP contribution in [0.5, 0.6) is 5.88 Å². The lowest BCUT2D eigenvalue weighted by Crippen LogP contribution is -2.14. The van der Waals surface area contributed by atoms with Crippen LogP contribution in [-0.4, -0.2) is 11.1 Å². The van der Waals surface area contributed by atoms with Crippen molar-refractivity contribution in [3.63, 3.8) is 0 Å². The highest BCUT2D eigenvalue weighted by molar-refractivity contribution is 5.53. The SMILES string of the molecule is CCCC(Nc1cccnc1OC(C)C)c1ccccc1. The van der Waals surface area contributed by atoms with Gasteiger partial charge in [-0.25, -0.2) is 4.98 Å². The molecule has 3 nitrogen and oxygen atoms in total. The fraction of sp³-hybridized carbons (Fsp3) is 0.389. The van der Waals surface area contributed by atoms with Crippen molar-refractivity contribution in [3.8, 4) is 5.88 Å². The average molecular weight is 284 g/mol. The van der Waals surface area contributed by atoms with Crippen LogP contribution in [-0.2, 0) is 0 Å². The van der Waals surface area contributed by atoms with Gasteiger partial charge >= 0.3 is 0 Å². The number of ether oxygens (including phenoxy) is 1. The number of anilines is 1. The summed E-state index contributed by atoms with van der Waals surface area (Å²) in [6.45, 7) is 6.23. The molecule has 0 aliphatic carbocycles. The van der Waals surface area contributed by atoms with Crippen molar-refractivity contribution < 1.29 is 4.74 Å². The zero-order valence-electron chi connectivity index (χ0n) is 13.0. The number of hydrogen-bond donors (Lipinski definition) is 1. The standard InChI is InChI=1S/C18H24N2O/c1-4-9-16(15-10-6-5-7-11-15)20-17-12-8-13-19-18(17)21-14(2)3/h5-8,10-14,16,20H,4,9H2,1-3H3. The topological polar surface area (TPSA) is 34.2 Å². The first-order valence-electron chi connectivity index (χ1n) is 7.64. The molecule has 0 aliphatic heterocycles. The first-order valence-corrected chi connectivity index (χ1v) is 7.64. The Morgan fingerprint density at radius 2 is 1.86 bits per heavy atom. The van der Waals surface area contributed by atoms with E-state index in [1.165, 1.54) is 5.56 Å². The molecule has 1 aromatic heterocycles. The minimum atomic E-state index is 0.113. The van der Waals surface area contributed by atoms with Gasteiger partial charge in [0.2, 0.25) is 5.88 Å². The zero-order chi connectivity index (χ0) is 15.1. The zero-order valence-corrected chi connectivity index (χ0v) is 13.0. The summed E-state index contributed by atoms with van der Waals surface area (Å²) in [4.78, 5) is 4.34. The molecule has 0 bridgehead atoms. The summed E-state index contributed by atoms with van der Waals surface area (Å²) in [5.74, 6) is 0.671. The van der Waals surface area contributed by atoms with E-state index in [-0.39, 0.29) is 12.1 Å². The maximum atomic E-state index is 5.79. The molecule has 1 N–H and O–H groups in total. The summed E-state index contributed by atoms with van der Waals surface area (Å²) in [7, 11) is 0. The summed E-state index contributed by atoms with van der Waals surface area (Å²) in [5.41, 5.74) is 2.24. The van der Waals surface area contributed by atoms with Crippen molar-refractivity contribution >= 4 is 5.69 Å². The molecule has 1 heterocycles.